The van der Waals surface area contributed by atoms with E-state index in [4.69, 9.17) is 21.1 Å². The number of halogens is 1. The van der Waals surface area contributed by atoms with Crippen LogP contribution >= 0.6 is 11.6 Å². The molecule has 0 saturated carbocycles. The predicted octanol–water partition coefficient (Wildman–Crippen LogP) is 4.52. The number of hydrogen-bond acceptors (Lipinski definition) is 4. The summed E-state index contributed by atoms with van der Waals surface area (Å²) in [6.45, 7) is 1.90. The fourth-order valence-corrected chi connectivity index (χ4v) is 2.84. The van der Waals surface area contributed by atoms with Gasteiger partial charge in [0.05, 0.1) is 17.8 Å². The van der Waals surface area contributed by atoms with Crippen LogP contribution in [-0.2, 0) is 9.53 Å². The summed E-state index contributed by atoms with van der Waals surface area (Å²) in [4.78, 5) is 28.2. The molecule has 0 aliphatic heterocycles. The van der Waals surface area contributed by atoms with Crippen LogP contribution in [0.4, 0.5) is 5.69 Å². The van der Waals surface area contributed by atoms with Crippen molar-refractivity contribution in [2.24, 2.45) is 0 Å². The molecule has 0 fully saturated rings. The number of carbonyl (C=O) groups is 2. The molecule has 3 aromatic rings. The van der Waals surface area contributed by atoms with E-state index in [9.17, 15) is 9.59 Å². The maximum Gasteiger partial charge on any atom is 0.355 e. The van der Waals surface area contributed by atoms with Crippen molar-refractivity contribution in [1.29, 1.82) is 0 Å². The second kappa shape index (κ2) is 8.63. The molecule has 0 aliphatic carbocycles. The Morgan fingerprint density at radius 1 is 1.11 bits per heavy atom. The highest BCUT2D eigenvalue weighted by molar-refractivity contribution is 6.30. The summed E-state index contributed by atoms with van der Waals surface area (Å²) in [5.41, 5.74) is 2.14. The van der Waals surface area contributed by atoms with Crippen LogP contribution in [0.5, 0.6) is 5.75 Å². The Balaban J connectivity index is 1.87. The van der Waals surface area contributed by atoms with Crippen LogP contribution in [0.25, 0.3) is 0 Å². The molecule has 2 N–H and O–H groups in total. The number of aromatic amines is 1. The van der Waals surface area contributed by atoms with Crippen molar-refractivity contribution in [3.63, 3.8) is 0 Å². The van der Waals surface area contributed by atoms with Gasteiger partial charge in [-0.2, -0.15) is 0 Å². The number of benzene rings is 2. The topological polar surface area (TPSA) is 80.4 Å². The zero-order chi connectivity index (χ0) is 20.1. The van der Waals surface area contributed by atoms with Crippen molar-refractivity contribution in [3.8, 4) is 5.75 Å². The summed E-state index contributed by atoms with van der Waals surface area (Å²) in [6, 6.07) is 15.6. The maximum atomic E-state index is 13.0. The number of hydrogen-bond donors (Lipinski definition) is 2. The van der Waals surface area contributed by atoms with Crippen LogP contribution in [0.15, 0.2) is 60.8 Å². The molecule has 1 atom stereocenters. The number of H-pyrrole nitrogens is 1. The molecule has 6 nitrogen and oxygen atoms in total. The molecular formula is C21H19ClN2O4. The number of amides is 1. The van der Waals surface area contributed by atoms with Gasteiger partial charge < -0.3 is 19.8 Å². The minimum atomic E-state index is -1.15. The third-order valence-electron chi connectivity index (χ3n) is 4.05. The van der Waals surface area contributed by atoms with Gasteiger partial charge in [-0.15, -0.1) is 0 Å². The summed E-state index contributed by atoms with van der Waals surface area (Å²) < 4.78 is 10.8. The first-order chi connectivity index (χ1) is 13.5. The van der Waals surface area contributed by atoms with Crippen LogP contribution in [0.1, 0.15) is 27.7 Å². The van der Waals surface area contributed by atoms with Crippen LogP contribution in [0, 0.1) is 6.92 Å². The van der Waals surface area contributed by atoms with Crippen molar-refractivity contribution in [2.75, 3.05) is 12.4 Å². The molecule has 3 rings (SSSR count). The van der Waals surface area contributed by atoms with E-state index in [1.165, 1.54) is 19.4 Å². The molecule has 28 heavy (non-hydrogen) atoms. The smallest absolute Gasteiger partial charge is 0.355 e. The lowest BCUT2D eigenvalue weighted by molar-refractivity contribution is -0.125. The third kappa shape index (κ3) is 4.53. The zero-order valence-corrected chi connectivity index (χ0v) is 16.1. The molecule has 0 aliphatic rings. The average molecular weight is 399 g/mol. The van der Waals surface area contributed by atoms with Crippen molar-refractivity contribution < 1.29 is 19.1 Å². The number of methoxy groups -OCH3 is 1. The Bertz CT molecular complexity index is 985. The van der Waals surface area contributed by atoms with Crippen molar-refractivity contribution in [1.82, 2.24) is 4.98 Å². The Morgan fingerprint density at radius 3 is 2.50 bits per heavy atom. The minimum absolute atomic E-state index is 0.159. The molecule has 2 aromatic carbocycles. The molecule has 0 saturated heterocycles. The summed E-state index contributed by atoms with van der Waals surface area (Å²) >= 11 is 5.84. The predicted molar refractivity (Wildman–Crippen MR) is 107 cm³/mol. The highest BCUT2D eigenvalue weighted by Crippen LogP contribution is 2.28. The van der Waals surface area contributed by atoms with Crippen LogP contribution in [0.3, 0.4) is 0 Å². The van der Waals surface area contributed by atoms with E-state index >= 15 is 0 Å². The van der Waals surface area contributed by atoms with Crippen molar-refractivity contribution in [3.05, 3.63) is 82.6 Å². The van der Waals surface area contributed by atoms with Crippen LogP contribution < -0.4 is 10.1 Å². The fraction of sp³-hybridized carbons (Fsp3) is 0.143. The van der Waals surface area contributed by atoms with Crippen LogP contribution in [-0.4, -0.2) is 24.0 Å². The number of carbonyl (C=O) groups excluding carboxylic acids is 2. The van der Waals surface area contributed by atoms with E-state index in [2.05, 4.69) is 10.3 Å². The normalized spacial score (nSPS) is 11.5. The number of nitrogens with one attached hydrogen (secondary N) is 2. The lowest BCUT2D eigenvalue weighted by atomic mass is 10.1. The van der Waals surface area contributed by atoms with Crippen LogP contribution in [0.2, 0.25) is 5.02 Å². The van der Waals surface area contributed by atoms with Gasteiger partial charge in [0.15, 0.2) is 0 Å². The third-order valence-corrected chi connectivity index (χ3v) is 4.26. The highest BCUT2D eigenvalue weighted by Gasteiger charge is 2.27. The lowest BCUT2D eigenvalue weighted by Crippen LogP contribution is -2.26. The standard InChI is InChI=1S/C21H19ClN2O4/c1-13-8-9-18(27-2)16(10-13)24-20(25)19(14-6-4-3-5-7-14)28-21(26)17-11-15(22)12-23-17/h3-12,19,23H,1-2H3,(H,24,25). The van der Waals surface area contributed by atoms with Gasteiger partial charge >= 0.3 is 5.97 Å². The minimum Gasteiger partial charge on any atom is -0.495 e. The quantitative estimate of drug-likeness (QED) is 0.598. The van der Waals surface area contributed by atoms with E-state index in [0.717, 1.165) is 5.56 Å². The molecule has 0 spiro atoms. The van der Waals surface area contributed by atoms with Gasteiger partial charge in [-0.3, -0.25) is 4.79 Å². The average Bonchev–Trinajstić information content (AvgIpc) is 3.13. The number of rotatable bonds is 6. The number of aromatic nitrogens is 1. The van der Waals surface area contributed by atoms with E-state index < -0.39 is 18.0 Å². The van der Waals surface area contributed by atoms with Gasteiger partial charge in [-0.25, -0.2) is 4.79 Å². The van der Waals surface area contributed by atoms with Gasteiger partial charge in [0, 0.05) is 11.8 Å². The van der Waals surface area contributed by atoms with E-state index in [1.54, 1.807) is 36.4 Å². The molecule has 1 aromatic heterocycles. The SMILES string of the molecule is COc1ccc(C)cc1NC(=O)C(OC(=O)c1cc(Cl)c[nH]1)c1ccccc1. The lowest BCUT2D eigenvalue weighted by Gasteiger charge is -2.19. The van der Waals surface area contributed by atoms with Gasteiger partial charge in [0.2, 0.25) is 6.10 Å². The number of aryl methyl sites for hydroxylation is 1. The summed E-state index contributed by atoms with van der Waals surface area (Å²) in [5.74, 6) is -0.679. The van der Waals surface area contributed by atoms with E-state index in [0.29, 0.717) is 22.0 Å². The molecule has 1 amide bonds. The largest absolute Gasteiger partial charge is 0.495 e. The molecule has 0 radical (unpaired) electrons. The Kier molecular flexibility index (Phi) is 6.01. The summed E-state index contributed by atoms with van der Waals surface area (Å²) in [7, 11) is 1.52. The van der Waals surface area contributed by atoms with Gasteiger partial charge in [-0.05, 0) is 30.7 Å². The Hall–Kier alpha value is -3.25. The molecular weight excluding hydrogens is 380 g/mol. The maximum absolute atomic E-state index is 13.0. The van der Waals surface area contributed by atoms with Gasteiger partial charge in [0.25, 0.3) is 5.91 Å². The first-order valence-corrected chi connectivity index (χ1v) is 8.91. The first-order valence-electron chi connectivity index (χ1n) is 8.53. The first kappa shape index (κ1) is 19.5. The van der Waals surface area contributed by atoms with Crippen molar-refractivity contribution >= 4 is 29.2 Å². The summed E-state index contributed by atoms with van der Waals surface area (Å²) in [5, 5.41) is 3.16. The Morgan fingerprint density at radius 2 is 1.86 bits per heavy atom. The molecule has 7 heteroatoms. The number of ether oxygens (including phenoxy) is 2. The van der Waals surface area contributed by atoms with Crippen molar-refractivity contribution in [2.45, 2.75) is 13.0 Å². The summed E-state index contributed by atoms with van der Waals surface area (Å²) in [6.07, 6.45) is 0.314. The second-order valence-corrected chi connectivity index (χ2v) is 6.56. The van der Waals surface area contributed by atoms with Gasteiger partial charge in [0.1, 0.15) is 11.4 Å². The van der Waals surface area contributed by atoms with Gasteiger partial charge in [-0.1, -0.05) is 48.0 Å². The molecule has 1 unspecified atom stereocenters. The fourth-order valence-electron chi connectivity index (χ4n) is 2.67. The molecule has 1 heterocycles. The van der Waals surface area contributed by atoms with E-state index in [-0.39, 0.29) is 5.69 Å². The Labute approximate surface area is 167 Å². The number of esters is 1. The monoisotopic (exact) mass is 398 g/mol. The molecule has 0 bridgehead atoms. The van der Waals surface area contributed by atoms with E-state index in [1.807, 2.05) is 19.1 Å². The zero-order valence-electron chi connectivity index (χ0n) is 15.4. The highest BCUT2D eigenvalue weighted by atomic mass is 35.5. The second-order valence-electron chi connectivity index (χ2n) is 6.12. The molecule has 144 valence electrons. The number of anilines is 1.